The molecule has 0 amide bonds. The molecule has 0 unspecified atom stereocenters. The van der Waals surface area contributed by atoms with E-state index in [0.717, 1.165) is 32.7 Å². The summed E-state index contributed by atoms with van der Waals surface area (Å²) < 4.78 is 0. The quantitative estimate of drug-likeness (QED) is 0.860. The maximum absolute atomic E-state index is 4.69. The van der Waals surface area contributed by atoms with Crippen LogP contribution in [0.4, 0.5) is 5.13 Å². The molecule has 2 heterocycles. The summed E-state index contributed by atoms with van der Waals surface area (Å²) in [5.74, 6) is 0. The molecule has 0 aromatic carbocycles. The molecule has 5 heteroatoms. The van der Waals surface area contributed by atoms with Crippen LogP contribution in [0.5, 0.6) is 0 Å². The predicted molar refractivity (Wildman–Crippen MR) is 73.8 cm³/mol. The molecular weight excluding hydrogens is 232 g/mol. The molecule has 0 radical (unpaired) electrons. The van der Waals surface area contributed by atoms with Crippen molar-refractivity contribution in [3.05, 3.63) is 11.1 Å². The van der Waals surface area contributed by atoms with Gasteiger partial charge >= 0.3 is 0 Å². The maximum Gasteiger partial charge on any atom is 0.185 e. The third-order valence-corrected chi connectivity index (χ3v) is 4.14. The van der Waals surface area contributed by atoms with Gasteiger partial charge in [0.15, 0.2) is 5.13 Å². The summed E-state index contributed by atoms with van der Waals surface area (Å²) in [4.78, 5) is 9.58. The first-order valence-electron chi connectivity index (χ1n) is 6.46. The van der Waals surface area contributed by atoms with E-state index in [4.69, 9.17) is 0 Å². The lowest BCUT2D eigenvalue weighted by molar-refractivity contribution is 0.271. The Morgan fingerprint density at radius 2 is 2.06 bits per heavy atom. The molecule has 1 fully saturated rings. The summed E-state index contributed by atoms with van der Waals surface area (Å²) in [5.41, 5.74) is 1.17. The minimum atomic E-state index is 0.891. The number of hydrogen-bond acceptors (Lipinski definition) is 5. The van der Waals surface area contributed by atoms with Crippen LogP contribution in [0.15, 0.2) is 5.38 Å². The first kappa shape index (κ1) is 12.8. The third-order valence-electron chi connectivity index (χ3n) is 3.19. The van der Waals surface area contributed by atoms with Gasteiger partial charge in [-0.3, -0.25) is 0 Å². The number of thiazole rings is 1. The normalized spacial score (nSPS) is 17.6. The van der Waals surface area contributed by atoms with E-state index in [0.29, 0.717) is 0 Å². The SMILES string of the molecule is CCNCc1csc(N2CCN(CC)CC2)n1. The summed E-state index contributed by atoms with van der Waals surface area (Å²) in [6.07, 6.45) is 0. The van der Waals surface area contributed by atoms with Crippen molar-refractivity contribution in [2.24, 2.45) is 0 Å². The fourth-order valence-corrected chi connectivity index (χ4v) is 2.91. The molecule has 17 heavy (non-hydrogen) atoms. The van der Waals surface area contributed by atoms with Gasteiger partial charge in [-0.1, -0.05) is 13.8 Å². The molecule has 4 nitrogen and oxygen atoms in total. The minimum absolute atomic E-state index is 0.891. The average Bonchev–Trinajstić information content (AvgIpc) is 2.85. The van der Waals surface area contributed by atoms with Crippen molar-refractivity contribution in [3.8, 4) is 0 Å². The van der Waals surface area contributed by atoms with Crippen LogP contribution in [-0.4, -0.2) is 49.2 Å². The summed E-state index contributed by atoms with van der Waals surface area (Å²) in [7, 11) is 0. The molecule has 1 aromatic rings. The Morgan fingerprint density at radius 1 is 1.29 bits per heavy atom. The number of anilines is 1. The largest absolute Gasteiger partial charge is 0.346 e. The van der Waals surface area contributed by atoms with Crippen LogP contribution in [-0.2, 0) is 6.54 Å². The molecule has 0 atom stereocenters. The van der Waals surface area contributed by atoms with E-state index < -0.39 is 0 Å². The fraction of sp³-hybridized carbons (Fsp3) is 0.750. The monoisotopic (exact) mass is 254 g/mol. The number of hydrogen-bond donors (Lipinski definition) is 1. The molecule has 1 aliphatic heterocycles. The van der Waals surface area contributed by atoms with Gasteiger partial charge < -0.3 is 15.1 Å². The topological polar surface area (TPSA) is 31.4 Å². The fourth-order valence-electron chi connectivity index (χ4n) is 2.03. The van der Waals surface area contributed by atoms with Gasteiger partial charge in [-0.05, 0) is 13.1 Å². The molecule has 96 valence electrons. The van der Waals surface area contributed by atoms with Gasteiger partial charge in [0.1, 0.15) is 0 Å². The van der Waals surface area contributed by atoms with Crippen LogP contribution in [0.25, 0.3) is 0 Å². The Labute approximate surface area is 108 Å². The third kappa shape index (κ3) is 3.40. The Balaban J connectivity index is 1.87. The van der Waals surface area contributed by atoms with E-state index in [2.05, 4.69) is 39.3 Å². The van der Waals surface area contributed by atoms with Gasteiger partial charge in [-0.2, -0.15) is 0 Å². The number of nitrogens with zero attached hydrogens (tertiary/aromatic N) is 3. The van der Waals surface area contributed by atoms with Crippen molar-refractivity contribution in [2.75, 3.05) is 44.2 Å². The van der Waals surface area contributed by atoms with Crippen LogP contribution in [0.2, 0.25) is 0 Å². The number of aromatic nitrogens is 1. The van der Waals surface area contributed by atoms with Crippen LogP contribution >= 0.6 is 11.3 Å². The molecular formula is C12H22N4S. The molecule has 1 N–H and O–H groups in total. The second-order valence-electron chi connectivity index (χ2n) is 4.32. The highest BCUT2D eigenvalue weighted by molar-refractivity contribution is 7.13. The Hall–Kier alpha value is -0.650. The summed E-state index contributed by atoms with van der Waals surface area (Å²) in [6.45, 7) is 12.0. The van der Waals surface area contributed by atoms with Gasteiger partial charge in [0, 0.05) is 38.1 Å². The van der Waals surface area contributed by atoms with E-state index in [1.807, 2.05) is 0 Å². The van der Waals surface area contributed by atoms with Gasteiger partial charge in [0.05, 0.1) is 5.69 Å². The lowest BCUT2D eigenvalue weighted by Crippen LogP contribution is -2.46. The van der Waals surface area contributed by atoms with Crippen LogP contribution < -0.4 is 10.2 Å². The molecule has 1 aromatic heterocycles. The minimum Gasteiger partial charge on any atom is -0.346 e. The standard InChI is InChI=1S/C12H22N4S/c1-3-13-9-11-10-17-12(14-11)16-7-5-15(4-2)6-8-16/h10,13H,3-9H2,1-2H3. The Morgan fingerprint density at radius 3 is 2.71 bits per heavy atom. The Kier molecular flexibility index (Phi) is 4.76. The summed E-state index contributed by atoms with van der Waals surface area (Å²) in [5, 5.41) is 6.67. The number of nitrogens with one attached hydrogen (secondary N) is 1. The first-order valence-corrected chi connectivity index (χ1v) is 7.33. The smallest absolute Gasteiger partial charge is 0.185 e. The van der Waals surface area contributed by atoms with Gasteiger partial charge in [-0.15, -0.1) is 11.3 Å². The lowest BCUT2D eigenvalue weighted by Gasteiger charge is -2.33. The van der Waals surface area contributed by atoms with Crippen molar-refractivity contribution >= 4 is 16.5 Å². The maximum atomic E-state index is 4.69. The van der Waals surface area contributed by atoms with Crippen molar-refractivity contribution in [1.82, 2.24) is 15.2 Å². The van der Waals surface area contributed by atoms with Crippen molar-refractivity contribution in [3.63, 3.8) is 0 Å². The van der Waals surface area contributed by atoms with Gasteiger partial charge in [0.2, 0.25) is 0 Å². The Bertz CT molecular complexity index is 331. The molecule has 0 spiro atoms. The second-order valence-corrected chi connectivity index (χ2v) is 5.16. The van der Waals surface area contributed by atoms with E-state index in [1.54, 1.807) is 11.3 Å². The molecule has 0 bridgehead atoms. The van der Waals surface area contributed by atoms with Gasteiger partial charge in [0.25, 0.3) is 0 Å². The predicted octanol–water partition coefficient (Wildman–Crippen LogP) is 1.39. The number of likely N-dealkylation sites (N-methyl/N-ethyl adjacent to an activating group) is 1. The zero-order valence-electron chi connectivity index (χ0n) is 10.8. The molecule has 1 aliphatic rings. The van der Waals surface area contributed by atoms with Crippen LogP contribution in [0, 0.1) is 0 Å². The summed E-state index contributed by atoms with van der Waals surface area (Å²) in [6, 6.07) is 0. The zero-order chi connectivity index (χ0) is 12.1. The van der Waals surface area contributed by atoms with E-state index in [-0.39, 0.29) is 0 Å². The summed E-state index contributed by atoms with van der Waals surface area (Å²) >= 11 is 1.77. The second kappa shape index (κ2) is 6.33. The van der Waals surface area contributed by atoms with Crippen molar-refractivity contribution < 1.29 is 0 Å². The van der Waals surface area contributed by atoms with Crippen molar-refractivity contribution in [1.29, 1.82) is 0 Å². The van der Waals surface area contributed by atoms with Crippen LogP contribution in [0.3, 0.4) is 0 Å². The lowest BCUT2D eigenvalue weighted by atomic mass is 10.3. The van der Waals surface area contributed by atoms with E-state index >= 15 is 0 Å². The van der Waals surface area contributed by atoms with Crippen molar-refractivity contribution in [2.45, 2.75) is 20.4 Å². The molecule has 0 saturated carbocycles. The highest BCUT2D eigenvalue weighted by Crippen LogP contribution is 2.21. The zero-order valence-corrected chi connectivity index (χ0v) is 11.6. The highest BCUT2D eigenvalue weighted by atomic mass is 32.1. The van der Waals surface area contributed by atoms with Gasteiger partial charge in [-0.25, -0.2) is 4.98 Å². The highest BCUT2D eigenvalue weighted by Gasteiger charge is 2.17. The first-order chi connectivity index (χ1) is 8.33. The van der Waals surface area contributed by atoms with E-state index in [1.165, 1.54) is 23.9 Å². The van der Waals surface area contributed by atoms with E-state index in [9.17, 15) is 0 Å². The van der Waals surface area contributed by atoms with Crippen LogP contribution in [0.1, 0.15) is 19.5 Å². The molecule has 1 saturated heterocycles. The number of piperazine rings is 1. The number of rotatable bonds is 5. The molecule has 0 aliphatic carbocycles. The average molecular weight is 254 g/mol. The molecule has 2 rings (SSSR count).